The van der Waals surface area contributed by atoms with E-state index in [0.29, 0.717) is 62.5 Å². The molecule has 1 N–H and O–H groups in total. The summed E-state index contributed by atoms with van der Waals surface area (Å²) < 4.78 is 79.2. The Hall–Kier alpha value is -2.37. The van der Waals surface area contributed by atoms with Gasteiger partial charge in [0.25, 0.3) is 5.91 Å². The van der Waals surface area contributed by atoms with Crippen molar-refractivity contribution in [3.05, 3.63) is 41.2 Å². The number of hydrogen-bond donors (Lipinski definition) is 1. The van der Waals surface area contributed by atoms with E-state index in [2.05, 4.69) is 5.32 Å². The smallest absolute Gasteiger partial charge is 0.381 e. The van der Waals surface area contributed by atoms with E-state index < -0.39 is 32.2 Å². The predicted octanol–water partition coefficient (Wildman–Crippen LogP) is 6.31. The van der Waals surface area contributed by atoms with Crippen molar-refractivity contribution in [3.63, 3.8) is 0 Å². The Morgan fingerprint density at radius 3 is 2.36 bits per heavy atom. The molecular weight excluding hydrogens is 567 g/mol. The molecule has 2 aromatic rings. The summed E-state index contributed by atoms with van der Waals surface area (Å²) in [5.41, 5.74) is 0.0301. The van der Waals surface area contributed by atoms with Crippen LogP contribution in [-0.4, -0.2) is 54.5 Å². The topological polar surface area (TPSA) is 80.6 Å². The lowest BCUT2D eigenvalue weighted by Crippen LogP contribution is -2.43. The summed E-state index contributed by atoms with van der Waals surface area (Å²) in [5, 5.41) is 3.07. The Kier molecular flexibility index (Phi) is 8.85. The maximum Gasteiger partial charge on any atom is 0.417 e. The largest absolute Gasteiger partial charge is 0.417 e. The van der Waals surface area contributed by atoms with Crippen LogP contribution >= 0.6 is 0 Å². The number of ether oxygens (including phenoxy) is 1. The molecule has 1 amide bonds. The number of rotatable bonds is 7. The highest BCUT2D eigenvalue weighted by Gasteiger charge is 2.45. The van der Waals surface area contributed by atoms with E-state index in [4.69, 9.17) is 4.74 Å². The first-order chi connectivity index (χ1) is 19.8. The van der Waals surface area contributed by atoms with Gasteiger partial charge in [-0.05, 0) is 75.6 Å². The van der Waals surface area contributed by atoms with Crippen LogP contribution in [0.1, 0.15) is 93.4 Å². The summed E-state index contributed by atoms with van der Waals surface area (Å²) in [5.74, 6) is 0.101. The molecule has 0 spiro atoms. The highest BCUT2D eigenvalue weighted by Crippen LogP contribution is 2.42. The van der Waals surface area contributed by atoms with Gasteiger partial charge in [0.05, 0.1) is 10.5 Å². The van der Waals surface area contributed by atoms with Gasteiger partial charge in [0.2, 0.25) is 10.0 Å². The van der Waals surface area contributed by atoms with Crippen molar-refractivity contribution >= 4 is 15.9 Å². The molecule has 1 aromatic carbocycles. The third-order valence-corrected chi connectivity index (χ3v) is 11.5. The first-order valence-corrected chi connectivity index (χ1v) is 16.5. The van der Waals surface area contributed by atoms with Crippen molar-refractivity contribution in [1.82, 2.24) is 14.2 Å². The molecule has 7 nitrogen and oxygen atoms in total. The van der Waals surface area contributed by atoms with Crippen LogP contribution < -0.4 is 5.32 Å². The zero-order valence-corrected chi connectivity index (χ0v) is 25.5. The molecule has 0 atom stereocenters. The fraction of sp³-hybridized carbons (Fsp3) is 0.645. The van der Waals surface area contributed by atoms with Crippen LogP contribution in [0.4, 0.5) is 13.2 Å². The Balaban J connectivity index is 1.57. The number of carbonyl (C=O) groups excluding carboxylic acids is 1. The average molecular weight is 610 g/mol. The van der Waals surface area contributed by atoms with Gasteiger partial charge in [0.15, 0.2) is 0 Å². The number of hydrogen-bond acceptors (Lipinski definition) is 4. The fourth-order valence-corrected chi connectivity index (χ4v) is 8.96. The van der Waals surface area contributed by atoms with Crippen molar-refractivity contribution in [2.24, 2.45) is 13.0 Å². The minimum absolute atomic E-state index is 0.0254. The van der Waals surface area contributed by atoms with Crippen molar-refractivity contribution in [1.29, 1.82) is 0 Å². The van der Waals surface area contributed by atoms with Crippen molar-refractivity contribution in [2.45, 2.75) is 101 Å². The monoisotopic (exact) mass is 609 g/mol. The van der Waals surface area contributed by atoms with E-state index in [9.17, 15) is 26.4 Å². The number of halogens is 3. The second-order valence-corrected chi connectivity index (χ2v) is 14.5. The molecule has 3 fully saturated rings. The summed E-state index contributed by atoms with van der Waals surface area (Å²) in [7, 11) is -2.60. The second-order valence-electron chi connectivity index (χ2n) is 12.7. The molecule has 1 aromatic heterocycles. The first-order valence-electron chi connectivity index (χ1n) is 15.1. The van der Waals surface area contributed by atoms with Gasteiger partial charge in [-0.15, -0.1) is 0 Å². The number of aromatic nitrogens is 1. The number of carbonyl (C=O) groups is 1. The summed E-state index contributed by atoms with van der Waals surface area (Å²) in [6.45, 7) is 4.81. The second kappa shape index (κ2) is 12.0. The normalized spacial score (nSPS) is 21.1. The van der Waals surface area contributed by atoms with Crippen LogP contribution in [0.2, 0.25) is 0 Å². The predicted molar refractivity (Wildman–Crippen MR) is 155 cm³/mol. The quantitative estimate of drug-likeness (QED) is 0.399. The molecule has 3 aliphatic rings. The van der Waals surface area contributed by atoms with E-state index in [-0.39, 0.29) is 24.1 Å². The van der Waals surface area contributed by atoms with Gasteiger partial charge in [-0.3, -0.25) is 4.79 Å². The molecule has 3 heterocycles. The summed E-state index contributed by atoms with van der Waals surface area (Å²) >= 11 is 0. The molecule has 5 rings (SSSR count). The average Bonchev–Trinajstić information content (AvgIpc) is 3.48. The Bertz CT molecular complexity index is 1410. The number of nitrogens with one attached hydrogen (secondary N) is 1. The highest BCUT2D eigenvalue weighted by molar-refractivity contribution is 7.89. The van der Waals surface area contributed by atoms with E-state index in [0.717, 1.165) is 43.5 Å². The van der Waals surface area contributed by atoms with Crippen LogP contribution in [0.25, 0.3) is 11.1 Å². The molecule has 1 saturated carbocycles. The zero-order chi connectivity index (χ0) is 30.3. The molecule has 232 valence electrons. The van der Waals surface area contributed by atoms with E-state index in [1.165, 1.54) is 16.8 Å². The highest BCUT2D eigenvalue weighted by atomic mass is 32.2. The van der Waals surface area contributed by atoms with Gasteiger partial charge in [0.1, 0.15) is 5.69 Å². The molecular formula is C31H42F3N3O4S. The van der Waals surface area contributed by atoms with Gasteiger partial charge in [0, 0.05) is 49.6 Å². The van der Waals surface area contributed by atoms with E-state index in [1.54, 1.807) is 27.0 Å². The lowest BCUT2D eigenvalue weighted by molar-refractivity contribution is -0.139. The van der Waals surface area contributed by atoms with Crippen molar-refractivity contribution in [2.75, 3.05) is 19.8 Å². The van der Waals surface area contributed by atoms with E-state index in [1.807, 2.05) is 4.57 Å². The van der Waals surface area contributed by atoms with Crippen LogP contribution in [0.5, 0.6) is 0 Å². The molecule has 1 aliphatic carbocycles. The van der Waals surface area contributed by atoms with Gasteiger partial charge in [-0.25, -0.2) is 8.42 Å². The van der Waals surface area contributed by atoms with Crippen LogP contribution in [0.3, 0.4) is 0 Å². The Morgan fingerprint density at radius 1 is 1.05 bits per heavy atom. The van der Waals surface area contributed by atoms with Crippen LogP contribution in [-0.2, 0) is 34.4 Å². The fourth-order valence-electron chi connectivity index (χ4n) is 6.91. The van der Waals surface area contributed by atoms with Crippen molar-refractivity contribution < 1.29 is 31.1 Å². The maximum absolute atomic E-state index is 14.5. The summed E-state index contributed by atoms with van der Waals surface area (Å²) in [6.07, 6.45) is 3.80. The third-order valence-electron chi connectivity index (χ3n) is 9.34. The SMILES string of the molecule is Cn1c(C(=O)NC2CCOCC2)cc(-c2ccc(S(=O)(=O)N3CCCC3(C)C)c(C(F)(F)F)c2)c1CC1CCCCC1. The molecule has 2 aliphatic heterocycles. The number of nitrogens with zero attached hydrogens (tertiary/aromatic N) is 2. The van der Waals surface area contributed by atoms with Crippen LogP contribution in [0.15, 0.2) is 29.2 Å². The molecule has 0 bridgehead atoms. The molecule has 0 unspecified atom stereocenters. The van der Waals surface area contributed by atoms with Gasteiger partial charge in [-0.1, -0.05) is 38.2 Å². The third kappa shape index (κ3) is 6.28. The van der Waals surface area contributed by atoms with Gasteiger partial charge in [-0.2, -0.15) is 17.5 Å². The summed E-state index contributed by atoms with van der Waals surface area (Å²) in [6, 6.07) is 5.16. The van der Waals surface area contributed by atoms with Gasteiger partial charge < -0.3 is 14.6 Å². The summed E-state index contributed by atoms with van der Waals surface area (Å²) in [4.78, 5) is 12.7. The maximum atomic E-state index is 14.5. The standard InChI is InChI=1S/C31H42F3N3O4S/c1-30(2)14-7-15-37(30)42(39,40)28-11-10-22(19-25(28)31(32,33)34)24-20-27(29(38)35-23-12-16-41-17-13-23)36(3)26(24)18-21-8-5-4-6-9-21/h10-11,19-21,23H,4-9,12-18H2,1-3H3,(H,35,38). The molecule has 2 saturated heterocycles. The minimum Gasteiger partial charge on any atom is -0.381 e. The number of benzene rings is 1. The number of alkyl halides is 3. The number of sulfonamides is 1. The van der Waals surface area contributed by atoms with E-state index >= 15 is 0 Å². The molecule has 11 heteroatoms. The minimum atomic E-state index is -4.89. The molecule has 0 radical (unpaired) electrons. The lowest BCUT2D eigenvalue weighted by Gasteiger charge is -2.31. The van der Waals surface area contributed by atoms with Crippen molar-refractivity contribution in [3.8, 4) is 11.1 Å². The van der Waals surface area contributed by atoms with Crippen LogP contribution in [0, 0.1) is 5.92 Å². The first kappa shape index (κ1) is 31.1. The van der Waals surface area contributed by atoms with Gasteiger partial charge >= 0.3 is 6.18 Å². The Labute approximate surface area is 246 Å². The Morgan fingerprint density at radius 2 is 1.74 bits per heavy atom. The zero-order valence-electron chi connectivity index (χ0n) is 24.7. The number of amides is 1. The lowest BCUT2D eigenvalue weighted by atomic mass is 9.85. The molecule has 42 heavy (non-hydrogen) atoms.